The predicted molar refractivity (Wildman–Crippen MR) is 210 cm³/mol. The molecule has 0 aliphatic carbocycles. The van der Waals surface area contributed by atoms with Crippen molar-refractivity contribution in [1.29, 1.82) is 5.41 Å². The molecular weight excluding hydrogens is 631 g/mol. The first-order valence-electron chi connectivity index (χ1n) is 18.6. The lowest BCUT2D eigenvalue weighted by Crippen LogP contribution is -2.30. The van der Waals surface area contributed by atoms with Crippen LogP contribution in [0.5, 0.6) is 0 Å². The van der Waals surface area contributed by atoms with Gasteiger partial charge in [-0.05, 0) is 85.8 Å². The maximum atomic E-state index is 14.3. The van der Waals surface area contributed by atoms with E-state index in [1.54, 1.807) is 0 Å². The molecule has 8 nitrogen and oxygen atoms in total. The van der Waals surface area contributed by atoms with Crippen molar-refractivity contribution in [3.05, 3.63) is 136 Å². The van der Waals surface area contributed by atoms with Crippen molar-refractivity contribution in [2.45, 2.75) is 85.0 Å². The molecule has 5 N–H and O–H groups in total. The highest BCUT2D eigenvalue weighted by atomic mass is 16.2. The Balaban J connectivity index is 1.41. The number of nitrogens with zero attached hydrogens (tertiary/aromatic N) is 4. The highest BCUT2D eigenvalue weighted by Gasteiger charge is 2.20. The zero-order valence-electron chi connectivity index (χ0n) is 30.5. The van der Waals surface area contributed by atoms with E-state index in [1.807, 2.05) is 71.6 Å². The van der Waals surface area contributed by atoms with Gasteiger partial charge >= 0.3 is 0 Å². The number of aryl methyl sites for hydroxylation is 3. The van der Waals surface area contributed by atoms with Crippen molar-refractivity contribution >= 4 is 22.8 Å². The van der Waals surface area contributed by atoms with Crippen LogP contribution in [0.2, 0.25) is 0 Å². The van der Waals surface area contributed by atoms with Gasteiger partial charge in [0.25, 0.3) is 5.91 Å². The molecule has 51 heavy (non-hydrogen) atoms. The minimum atomic E-state index is -0.0206. The third-order valence-electron chi connectivity index (χ3n) is 9.62. The number of aromatic nitrogens is 2. The molecule has 1 heterocycles. The van der Waals surface area contributed by atoms with Crippen LogP contribution in [0.4, 0.5) is 0 Å². The number of nitrogen functional groups attached to an aromatic ring is 1. The lowest BCUT2D eigenvalue weighted by atomic mass is 10.1. The van der Waals surface area contributed by atoms with Gasteiger partial charge in [-0.25, -0.2) is 4.98 Å². The monoisotopic (exact) mass is 685 g/mol. The molecule has 5 aromatic rings. The Morgan fingerprint density at radius 3 is 1.94 bits per heavy atom. The first kappa shape index (κ1) is 37.5. The van der Waals surface area contributed by atoms with E-state index in [4.69, 9.17) is 21.9 Å². The largest absolute Gasteiger partial charge is 0.384 e. The molecule has 0 saturated heterocycles. The van der Waals surface area contributed by atoms with Gasteiger partial charge in [-0.3, -0.25) is 10.2 Å². The van der Waals surface area contributed by atoms with Crippen molar-refractivity contribution < 1.29 is 4.79 Å². The fourth-order valence-corrected chi connectivity index (χ4v) is 6.60. The van der Waals surface area contributed by atoms with Crippen LogP contribution in [0.3, 0.4) is 0 Å². The standard InChI is InChI=1S/C43H55N7O/c1-3-5-25-48(26-6-4-2)27-10-28-50-40-23-22-38(29-39(40)47-41(50)24-19-33-17-20-37(21-18-33)42(45)46)43(51)49(31-35-11-8-7-9-12-35)32-36-15-13-34(30-44)14-16-36/h7-9,11-18,20-23,29H,3-6,10,19,24-28,30-32,44H2,1-2H3,(H3,45,46). The summed E-state index contributed by atoms with van der Waals surface area (Å²) in [5.41, 5.74) is 19.2. The normalized spacial score (nSPS) is 11.4. The number of benzene rings is 4. The molecule has 0 aliphatic rings. The summed E-state index contributed by atoms with van der Waals surface area (Å²) >= 11 is 0. The SMILES string of the molecule is CCCCN(CCCC)CCCn1c(CCc2ccc(C(=N)N)cc2)nc2cc(C(=O)N(Cc3ccccc3)Cc3ccc(CN)cc3)ccc21. The van der Waals surface area contributed by atoms with E-state index < -0.39 is 0 Å². The number of amidine groups is 1. The molecule has 4 aromatic carbocycles. The Hall–Kier alpha value is -4.79. The van der Waals surface area contributed by atoms with Gasteiger partial charge in [0.1, 0.15) is 11.7 Å². The van der Waals surface area contributed by atoms with Gasteiger partial charge in [-0.1, -0.05) is 106 Å². The van der Waals surface area contributed by atoms with Crippen LogP contribution in [-0.2, 0) is 39.0 Å². The molecule has 1 aromatic heterocycles. The van der Waals surface area contributed by atoms with Crippen LogP contribution >= 0.6 is 0 Å². The second kappa shape index (κ2) is 19.0. The summed E-state index contributed by atoms with van der Waals surface area (Å²) in [7, 11) is 0. The molecule has 0 unspecified atom stereocenters. The average Bonchev–Trinajstić information content (AvgIpc) is 3.51. The Bertz CT molecular complexity index is 1820. The Labute approximate surface area is 304 Å². The number of imidazole rings is 1. The molecule has 0 aliphatic heterocycles. The number of hydrogen-bond acceptors (Lipinski definition) is 5. The van der Waals surface area contributed by atoms with E-state index in [-0.39, 0.29) is 11.7 Å². The van der Waals surface area contributed by atoms with Crippen LogP contribution in [-0.4, -0.2) is 50.7 Å². The fraction of sp³-hybridized carbons (Fsp3) is 0.372. The number of carbonyl (C=O) groups excluding carboxylic acids is 1. The van der Waals surface area contributed by atoms with Crippen molar-refractivity contribution in [3.63, 3.8) is 0 Å². The van der Waals surface area contributed by atoms with Crippen molar-refractivity contribution in [3.8, 4) is 0 Å². The maximum absolute atomic E-state index is 14.3. The van der Waals surface area contributed by atoms with E-state index in [2.05, 4.69) is 53.6 Å². The fourth-order valence-electron chi connectivity index (χ4n) is 6.60. The van der Waals surface area contributed by atoms with Crippen LogP contribution in [0.15, 0.2) is 97.1 Å². The first-order chi connectivity index (χ1) is 24.9. The van der Waals surface area contributed by atoms with Crippen LogP contribution in [0, 0.1) is 5.41 Å². The minimum absolute atomic E-state index is 0.0206. The van der Waals surface area contributed by atoms with E-state index in [9.17, 15) is 4.79 Å². The second-order valence-corrected chi connectivity index (χ2v) is 13.6. The zero-order valence-corrected chi connectivity index (χ0v) is 30.5. The van der Waals surface area contributed by atoms with Crippen molar-refractivity contribution in [2.24, 2.45) is 11.5 Å². The molecule has 0 spiro atoms. The number of nitrogens with one attached hydrogen (secondary N) is 1. The smallest absolute Gasteiger partial charge is 0.254 e. The van der Waals surface area contributed by atoms with E-state index in [1.165, 1.54) is 31.2 Å². The summed E-state index contributed by atoms with van der Waals surface area (Å²) in [5.74, 6) is 1.08. The van der Waals surface area contributed by atoms with Gasteiger partial charge in [0.15, 0.2) is 0 Å². The number of nitrogens with two attached hydrogens (primary N) is 2. The lowest BCUT2D eigenvalue weighted by Gasteiger charge is -2.23. The van der Waals surface area contributed by atoms with Gasteiger partial charge in [0.2, 0.25) is 0 Å². The van der Waals surface area contributed by atoms with E-state index in [0.29, 0.717) is 25.2 Å². The topological polar surface area (TPSA) is 117 Å². The quantitative estimate of drug-likeness (QED) is 0.0574. The third-order valence-corrected chi connectivity index (χ3v) is 9.62. The molecule has 268 valence electrons. The number of unbranched alkanes of at least 4 members (excludes halogenated alkanes) is 2. The molecule has 0 radical (unpaired) electrons. The summed E-state index contributed by atoms with van der Waals surface area (Å²) in [6.45, 7) is 10.2. The second-order valence-electron chi connectivity index (χ2n) is 13.6. The van der Waals surface area contributed by atoms with E-state index in [0.717, 1.165) is 84.6 Å². The summed E-state index contributed by atoms with van der Waals surface area (Å²) < 4.78 is 2.37. The number of amides is 1. The highest BCUT2D eigenvalue weighted by molar-refractivity contribution is 5.97. The average molecular weight is 686 g/mol. The van der Waals surface area contributed by atoms with Gasteiger partial charge in [0, 0.05) is 43.7 Å². The molecule has 5 rings (SSSR count). The maximum Gasteiger partial charge on any atom is 0.254 e. The Kier molecular flexibility index (Phi) is 14.0. The molecular formula is C43H55N7O. The van der Waals surface area contributed by atoms with Gasteiger partial charge < -0.3 is 25.8 Å². The molecule has 1 amide bonds. The lowest BCUT2D eigenvalue weighted by molar-refractivity contribution is 0.0730. The summed E-state index contributed by atoms with van der Waals surface area (Å²) in [5, 5.41) is 7.73. The Morgan fingerprint density at radius 2 is 1.31 bits per heavy atom. The van der Waals surface area contributed by atoms with Gasteiger partial charge in [-0.15, -0.1) is 0 Å². The molecule has 0 saturated carbocycles. The van der Waals surface area contributed by atoms with Crippen molar-refractivity contribution in [1.82, 2.24) is 19.4 Å². The van der Waals surface area contributed by atoms with Crippen LogP contribution in [0.1, 0.15) is 90.0 Å². The van der Waals surface area contributed by atoms with E-state index >= 15 is 0 Å². The summed E-state index contributed by atoms with van der Waals surface area (Å²) in [6, 6.07) is 32.3. The van der Waals surface area contributed by atoms with Crippen molar-refractivity contribution in [2.75, 3.05) is 19.6 Å². The molecule has 0 fully saturated rings. The van der Waals surface area contributed by atoms with Crippen LogP contribution < -0.4 is 11.5 Å². The molecule has 0 bridgehead atoms. The van der Waals surface area contributed by atoms with Crippen LogP contribution in [0.25, 0.3) is 11.0 Å². The predicted octanol–water partition coefficient (Wildman–Crippen LogP) is 7.70. The highest BCUT2D eigenvalue weighted by Crippen LogP contribution is 2.23. The summed E-state index contributed by atoms with van der Waals surface area (Å²) in [6.07, 6.45) is 7.48. The number of rotatable bonds is 20. The number of hydrogen-bond donors (Lipinski definition) is 3. The van der Waals surface area contributed by atoms with Gasteiger partial charge in [0.05, 0.1) is 11.0 Å². The minimum Gasteiger partial charge on any atom is -0.384 e. The Morgan fingerprint density at radius 1 is 0.725 bits per heavy atom. The molecule has 8 heteroatoms. The third kappa shape index (κ3) is 10.6. The number of carbonyl (C=O) groups is 1. The molecule has 0 atom stereocenters. The first-order valence-corrected chi connectivity index (χ1v) is 18.6. The zero-order chi connectivity index (χ0) is 36.0. The summed E-state index contributed by atoms with van der Waals surface area (Å²) in [4.78, 5) is 24.0. The number of fused-ring (bicyclic) bond motifs is 1. The van der Waals surface area contributed by atoms with Gasteiger partial charge in [-0.2, -0.15) is 0 Å².